The number of halogens is 1. The van der Waals surface area contributed by atoms with Crippen LogP contribution in [-0.2, 0) is 0 Å². The molecule has 2 aliphatic carbocycles. The maximum Gasteiger partial charge on any atom is 0.152 e. The SMILES string of the molecule is C#C[C@H]1C[C@H](n2cc(-c3ccnc(C)c3F)c(C3CC3)n2)C1. The summed E-state index contributed by atoms with van der Waals surface area (Å²) in [5.41, 5.74) is 3.01. The molecule has 22 heavy (non-hydrogen) atoms. The monoisotopic (exact) mass is 295 g/mol. The predicted molar refractivity (Wildman–Crippen MR) is 82.7 cm³/mol. The van der Waals surface area contributed by atoms with Crippen LogP contribution in [-0.4, -0.2) is 14.8 Å². The Labute approximate surface area is 129 Å². The normalized spacial score (nSPS) is 23.9. The van der Waals surface area contributed by atoms with Gasteiger partial charge in [0.05, 0.1) is 17.4 Å². The second-order valence-corrected chi connectivity index (χ2v) is 6.43. The molecular weight excluding hydrogens is 277 g/mol. The molecule has 0 spiro atoms. The molecule has 112 valence electrons. The van der Waals surface area contributed by atoms with Gasteiger partial charge >= 0.3 is 0 Å². The Morgan fingerprint density at radius 3 is 2.77 bits per heavy atom. The molecule has 0 aliphatic heterocycles. The fourth-order valence-corrected chi connectivity index (χ4v) is 3.15. The van der Waals surface area contributed by atoms with Crippen LogP contribution in [0.4, 0.5) is 4.39 Å². The average molecular weight is 295 g/mol. The summed E-state index contributed by atoms with van der Waals surface area (Å²) in [4.78, 5) is 4.02. The van der Waals surface area contributed by atoms with Gasteiger partial charge in [-0.2, -0.15) is 5.10 Å². The van der Waals surface area contributed by atoms with Gasteiger partial charge in [0.2, 0.25) is 0 Å². The van der Waals surface area contributed by atoms with E-state index in [9.17, 15) is 4.39 Å². The Hall–Kier alpha value is -2.15. The first-order valence-electron chi connectivity index (χ1n) is 7.84. The van der Waals surface area contributed by atoms with Gasteiger partial charge in [-0.3, -0.25) is 9.67 Å². The number of nitrogens with zero attached hydrogens (tertiary/aromatic N) is 3. The smallest absolute Gasteiger partial charge is 0.152 e. The number of aryl methyl sites for hydroxylation is 1. The summed E-state index contributed by atoms with van der Waals surface area (Å²) in [7, 11) is 0. The molecule has 0 radical (unpaired) electrons. The van der Waals surface area contributed by atoms with Crippen molar-refractivity contribution in [3.8, 4) is 23.5 Å². The molecule has 3 nitrogen and oxygen atoms in total. The Kier molecular flexibility index (Phi) is 3.04. The van der Waals surface area contributed by atoms with Crippen molar-refractivity contribution in [1.29, 1.82) is 0 Å². The summed E-state index contributed by atoms with van der Waals surface area (Å²) in [5.74, 6) is 3.40. The van der Waals surface area contributed by atoms with Gasteiger partial charge in [-0.25, -0.2) is 4.39 Å². The molecule has 2 aromatic heterocycles. The molecule has 2 saturated carbocycles. The number of terminal acetylenes is 1. The summed E-state index contributed by atoms with van der Waals surface area (Å²) in [5, 5.41) is 4.77. The van der Waals surface area contributed by atoms with Gasteiger partial charge in [0.15, 0.2) is 5.82 Å². The van der Waals surface area contributed by atoms with E-state index in [-0.39, 0.29) is 5.82 Å². The second-order valence-electron chi connectivity index (χ2n) is 6.43. The number of pyridine rings is 1. The molecule has 0 bridgehead atoms. The zero-order chi connectivity index (χ0) is 15.3. The van der Waals surface area contributed by atoms with Crippen LogP contribution in [0.3, 0.4) is 0 Å². The van der Waals surface area contributed by atoms with Gasteiger partial charge in [0.1, 0.15) is 0 Å². The van der Waals surface area contributed by atoms with E-state index >= 15 is 0 Å². The highest BCUT2D eigenvalue weighted by Crippen LogP contribution is 2.46. The molecule has 0 unspecified atom stereocenters. The van der Waals surface area contributed by atoms with E-state index in [1.54, 1.807) is 19.2 Å². The van der Waals surface area contributed by atoms with Crippen molar-refractivity contribution in [2.75, 3.05) is 0 Å². The van der Waals surface area contributed by atoms with Crippen LogP contribution >= 0.6 is 0 Å². The van der Waals surface area contributed by atoms with Gasteiger partial charge in [-0.1, -0.05) is 0 Å². The Bertz CT molecular complexity index is 761. The van der Waals surface area contributed by atoms with Crippen molar-refractivity contribution in [1.82, 2.24) is 14.8 Å². The van der Waals surface area contributed by atoms with Crippen LogP contribution in [0, 0.1) is 31.0 Å². The van der Waals surface area contributed by atoms with Gasteiger partial charge in [-0.15, -0.1) is 12.3 Å². The van der Waals surface area contributed by atoms with Gasteiger partial charge in [0.25, 0.3) is 0 Å². The van der Waals surface area contributed by atoms with Crippen LogP contribution in [0.25, 0.3) is 11.1 Å². The van der Waals surface area contributed by atoms with Gasteiger partial charge < -0.3 is 0 Å². The van der Waals surface area contributed by atoms with Crippen molar-refractivity contribution < 1.29 is 4.39 Å². The molecule has 0 aromatic carbocycles. The summed E-state index contributed by atoms with van der Waals surface area (Å²) < 4.78 is 16.5. The van der Waals surface area contributed by atoms with Crippen LogP contribution in [0.5, 0.6) is 0 Å². The minimum Gasteiger partial charge on any atom is -0.269 e. The highest BCUT2D eigenvalue weighted by molar-refractivity contribution is 5.67. The fourth-order valence-electron chi connectivity index (χ4n) is 3.15. The van der Waals surface area contributed by atoms with E-state index < -0.39 is 0 Å². The third kappa shape index (κ3) is 2.12. The van der Waals surface area contributed by atoms with Crippen molar-refractivity contribution in [2.45, 2.75) is 44.6 Å². The summed E-state index contributed by atoms with van der Waals surface area (Å²) in [6, 6.07) is 2.11. The zero-order valence-corrected chi connectivity index (χ0v) is 12.6. The molecule has 2 fully saturated rings. The third-order valence-electron chi connectivity index (χ3n) is 4.80. The maximum absolute atomic E-state index is 14.4. The predicted octanol–water partition coefficient (Wildman–Crippen LogP) is 3.85. The van der Waals surface area contributed by atoms with E-state index in [1.165, 1.54) is 0 Å². The first kappa shape index (κ1) is 13.5. The van der Waals surface area contributed by atoms with Crippen LogP contribution in [0.15, 0.2) is 18.5 Å². The number of rotatable bonds is 3. The van der Waals surface area contributed by atoms with E-state index in [0.29, 0.717) is 29.1 Å². The van der Waals surface area contributed by atoms with Gasteiger partial charge in [-0.05, 0) is 38.7 Å². The first-order chi connectivity index (χ1) is 10.7. The molecule has 2 heterocycles. The topological polar surface area (TPSA) is 30.7 Å². The van der Waals surface area contributed by atoms with Crippen molar-refractivity contribution in [3.05, 3.63) is 35.7 Å². The zero-order valence-electron chi connectivity index (χ0n) is 12.6. The fraction of sp³-hybridized carbons (Fsp3) is 0.444. The van der Waals surface area contributed by atoms with Crippen LogP contribution in [0.1, 0.15) is 49.0 Å². The molecule has 0 amide bonds. The lowest BCUT2D eigenvalue weighted by Crippen LogP contribution is -2.26. The maximum atomic E-state index is 14.4. The third-order valence-corrected chi connectivity index (χ3v) is 4.80. The van der Waals surface area contributed by atoms with Crippen LogP contribution < -0.4 is 0 Å². The average Bonchev–Trinajstić information content (AvgIpc) is 3.22. The molecule has 0 atom stereocenters. The molecule has 2 aromatic rings. The van der Waals surface area contributed by atoms with E-state index in [1.807, 2.05) is 10.9 Å². The Morgan fingerprint density at radius 1 is 1.32 bits per heavy atom. The standard InChI is InChI=1S/C18H18FN3/c1-3-12-8-14(9-12)22-10-16(18(21-22)13-4-5-13)15-6-7-20-11(2)17(15)19/h1,6-7,10,12-14H,4-5,8-9H2,2H3/t12-,14-. The van der Waals surface area contributed by atoms with Gasteiger partial charge in [0, 0.05) is 35.4 Å². The van der Waals surface area contributed by atoms with Crippen LogP contribution in [0.2, 0.25) is 0 Å². The molecule has 4 rings (SSSR count). The first-order valence-corrected chi connectivity index (χ1v) is 7.84. The van der Waals surface area contributed by atoms with E-state index in [4.69, 9.17) is 11.5 Å². The summed E-state index contributed by atoms with van der Waals surface area (Å²) in [6.07, 6.45) is 13.4. The van der Waals surface area contributed by atoms with Crippen molar-refractivity contribution >= 4 is 0 Å². The Morgan fingerprint density at radius 2 is 2.09 bits per heavy atom. The number of aromatic nitrogens is 3. The highest BCUT2D eigenvalue weighted by Gasteiger charge is 2.34. The Balaban J connectivity index is 1.74. The van der Waals surface area contributed by atoms with Crippen molar-refractivity contribution in [2.24, 2.45) is 5.92 Å². The highest BCUT2D eigenvalue weighted by atomic mass is 19.1. The lowest BCUT2D eigenvalue weighted by atomic mass is 9.81. The molecule has 4 heteroatoms. The lowest BCUT2D eigenvalue weighted by molar-refractivity contribution is 0.231. The lowest BCUT2D eigenvalue weighted by Gasteiger charge is -2.31. The number of hydrogen-bond donors (Lipinski definition) is 0. The van der Waals surface area contributed by atoms with Crippen molar-refractivity contribution in [3.63, 3.8) is 0 Å². The summed E-state index contributed by atoms with van der Waals surface area (Å²) in [6.45, 7) is 1.70. The molecule has 0 saturated heterocycles. The molecule has 2 aliphatic rings. The quantitative estimate of drug-likeness (QED) is 0.805. The summed E-state index contributed by atoms with van der Waals surface area (Å²) >= 11 is 0. The second kappa shape index (κ2) is 4.95. The molecule has 0 N–H and O–H groups in total. The molecular formula is C18H18FN3. The number of hydrogen-bond acceptors (Lipinski definition) is 2. The minimum absolute atomic E-state index is 0.237. The minimum atomic E-state index is -0.237. The van der Waals surface area contributed by atoms with E-state index in [0.717, 1.165) is 36.9 Å². The largest absolute Gasteiger partial charge is 0.269 e. The van der Waals surface area contributed by atoms with E-state index in [2.05, 4.69) is 10.9 Å².